The molecule has 0 bridgehead atoms. The Kier molecular flexibility index (Phi) is 8.18. The molecule has 0 amide bonds. The van der Waals surface area contributed by atoms with Crippen LogP contribution in [0.1, 0.15) is 31.2 Å². The summed E-state index contributed by atoms with van der Waals surface area (Å²) in [6.07, 6.45) is 2.85. The number of carbonyl (C=O) groups excluding carboxylic acids is 1. The van der Waals surface area contributed by atoms with Crippen LogP contribution in [-0.4, -0.2) is 48.1 Å². The fourth-order valence-electron chi connectivity index (χ4n) is 3.24. The molecule has 0 aliphatic carbocycles. The Morgan fingerprint density at radius 1 is 1.25 bits per heavy atom. The highest BCUT2D eigenvalue weighted by Crippen LogP contribution is 2.36. The number of ether oxygens (including phenoxy) is 2. The smallest absolute Gasteiger partial charge is 0.335 e. The van der Waals surface area contributed by atoms with Crippen molar-refractivity contribution in [1.82, 2.24) is 9.97 Å². The highest BCUT2D eigenvalue weighted by molar-refractivity contribution is 8.15. The number of benzene rings is 1. The first kappa shape index (κ1) is 23.7. The van der Waals surface area contributed by atoms with Gasteiger partial charge in [-0.15, -0.1) is 0 Å². The first-order valence-corrected chi connectivity index (χ1v) is 11.5. The largest absolute Gasteiger partial charge is 0.494 e. The molecule has 0 spiro atoms. The zero-order valence-electron chi connectivity index (χ0n) is 17.9. The van der Waals surface area contributed by atoms with Gasteiger partial charge in [-0.1, -0.05) is 18.7 Å². The molecule has 2 aromatic heterocycles. The average Bonchev–Trinajstić information content (AvgIpc) is 3.42. The maximum absolute atomic E-state index is 11.7. The normalized spacial score (nSPS) is 15.0. The number of aromatic amines is 1. The summed E-state index contributed by atoms with van der Waals surface area (Å²) in [5.74, 6) is 2.33. The summed E-state index contributed by atoms with van der Waals surface area (Å²) >= 11 is 0.912. The number of ketones is 1. The maximum Gasteiger partial charge on any atom is 0.335 e. The zero-order chi connectivity index (χ0) is 23.1. The number of hydrogen-bond acceptors (Lipinski definition) is 8. The van der Waals surface area contributed by atoms with Gasteiger partial charge in [-0.25, -0.2) is 0 Å². The third kappa shape index (κ3) is 5.83. The molecule has 3 heterocycles. The van der Waals surface area contributed by atoms with Crippen molar-refractivity contribution >= 4 is 45.1 Å². The number of aryl methyl sites for hydroxylation is 1. The van der Waals surface area contributed by atoms with Gasteiger partial charge in [-0.3, -0.25) is 14.8 Å². The van der Waals surface area contributed by atoms with E-state index in [0.717, 1.165) is 27.3 Å². The third-order valence-corrected chi connectivity index (χ3v) is 6.02. The molecule has 0 fully saturated rings. The summed E-state index contributed by atoms with van der Waals surface area (Å²) in [4.78, 5) is 24.1. The fourth-order valence-corrected chi connectivity index (χ4v) is 4.36. The lowest BCUT2D eigenvalue weighted by atomic mass is 10.2. The lowest BCUT2D eigenvalue weighted by Gasteiger charge is -2.08. The summed E-state index contributed by atoms with van der Waals surface area (Å²) in [7, 11) is 1.64. The van der Waals surface area contributed by atoms with E-state index in [1.165, 1.54) is 0 Å². The van der Waals surface area contributed by atoms with Crippen molar-refractivity contribution in [3.8, 4) is 17.2 Å². The van der Waals surface area contributed by atoms with Gasteiger partial charge >= 0.3 is 11.6 Å². The second-order valence-electron chi connectivity index (χ2n) is 7.06. The standard InChI is InChI=1S/C22H23N3O3S.O2S/c1-4-15(26)9-18-12-24-22(29-18)19-8-14-7-17(10-20(27-3)21(14)25-19)28-16-6-5-13(2)23-11-16;1-3-2/h5-8,10-11,18,25H,4,9,12H2,1-3H3;. The number of nitrogens with one attached hydrogen (secondary N) is 1. The Morgan fingerprint density at radius 3 is 2.69 bits per heavy atom. The summed E-state index contributed by atoms with van der Waals surface area (Å²) < 4.78 is 28.1. The van der Waals surface area contributed by atoms with Crippen molar-refractivity contribution < 1.29 is 22.7 Å². The monoisotopic (exact) mass is 473 g/mol. The van der Waals surface area contributed by atoms with Gasteiger partial charge < -0.3 is 14.5 Å². The highest BCUT2D eigenvalue weighted by atomic mass is 32.2. The summed E-state index contributed by atoms with van der Waals surface area (Å²) in [6.45, 7) is 4.51. The van der Waals surface area contributed by atoms with E-state index in [0.29, 0.717) is 36.6 Å². The number of carbonyl (C=O) groups is 1. The topological polar surface area (TPSA) is 111 Å². The number of thioether (sulfide) groups is 1. The molecule has 1 aliphatic heterocycles. The quantitative estimate of drug-likeness (QED) is 0.546. The molecule has 3 aromatic rings. The lowest BCUT2D eigenvalue weighted by Crippen LogP contribution is -2.10. The molecule has 8 nitrogen and oxygen atoms in total. The Morgan fingerprint density at radius 2 is 2.03 bits per heavy atom. The molecule has 4 rings (SSSR count). The Labute approximate surface area is 193 Å². The minimum Gasteiger partial charge on any atom is -0.494 e. The first-order valence-electron chi connectivity index (χ1n) is 9.93. The minimum atomic E-state index is -0.750. The lowest BCUT2D eigenvalue weighted by molar-refractivity contribution is -0.118. The number of rotatable bonds is 7. The van der Waals surface area contributed by atoms with Gasteiger partial charge in [-0.05, 0) is 31.2 Å². The van der Waals surface area contributed by atoms with Gasteiger partial charge in [0.15, 0.2) is 0 Å². The van der Waals surface area contributed by atoms with E-state index in [2.05, 4.69) is 15.0 Å². The van der Waals surface area contributed by atoms with E-state index >= 15 is 0 Å². The van der Waals surface area contributed by atoms with Crippen molar-refractivity contribution in [1.29, 1.82) is 0 Å². The fraction of sp³-hybridized carbons (Fsp3) is 0.318. The number of pyridine rings is 1. The molecule has 10 heteroatoms. The number of fused-ring (bicyclic) bond motifs is 1. The van der Waals surface area contributed by atoms with Crippen LogP contribution in [0.15, 0.2) is 41.5 Å². The Bertz CT molecular complexity index is 1170. The number of Topliss-reactive ketones (excluding diaryl/α,β-unsaturated/α-hetero) is 1. The SMILES string of the molecule is CCC(=O)CC1CN=C(c2cc3cc(Oc4ccc(C)nc4)cc(OC)c3[nH]2)S1.O=S=O. The summed E-state index contributed by atoms with van der Waals surface area (Å²) in [5, 5.41) is 2.13. The van der Waals surface area contributed by atoms with E-state index in [4.69, 9.17) is 17.9 Å². The summed E-state index contributed by atoms with van der Waals surface area (Å²) in [5.41, 5.74) is 2.77. The molecule has 32 heavy (non-hydrogen) atoms. The maximum atomic E-state index is 11.7. The number of hydrogen-bond donors (Lipinski definition) is 1. The molecular weight excluding hydrogens is 450 g/mol. The molecule has 0 radical (unpaired) electrons. The molecule has 1 aliphatic rings. The van der Waals surface area contributed by atoms with Crippen LogP contribution in [0.3, 0.4) is 0 Å². The van der Waals surface area contributed by atoms with Crippen LogP contribution in [0.5, 0.6) is 17.2 Å². The highest BCUT2D eigenvalue weighted by Gasteiger charge is 2.24. The van der Waals surface area contributed by atoms with Crippen molar-refractivity contribution in [3.63, 3.8) is 0 Å². The second-order valence-corrected chi connectivity index (χ2v) is 8.49. The zero-order valence-corrected chi connectivity index (χ0v) is 19.5. The predicted octanol–water partition coefficient (Wildman–Crippen LogP) is 4.23. The van der Waals surface area contributed by atoms with Crippen LogP contribution in [0.2, 0.25) is 0 Å². The number of aliphatic imine (C=N–C) groups is 1. The Balaban J connectivity index is 0.000000913. The second kappa shape index (κ2) is 11.1. The van der Waals surface area contributed by atoms with E-state index in [1.54, 1.807) is 25.1 Å². The van der Waals surface area contributed by atoms with Crippen LogP contribution in [-0.2, 0) is 16.4 Å². The van der Waals surface area contributed by atoms with Gasteiger partial charge in [0.05, 0.1) is 31.1 Å². The molecule has 1 unspecified atom stereocenters. The number of H-pyrrole nitrogens is 1. The van der Waals surface area contributed by atoms with Crippen LogP contribution in [0, 0.1) is 6.92 Å². The number of methoxy groups -OCH3 is 1. The van der Waals surface area contributed by atoms with Crippen molar-refractivity contribution in [2.75, 3.05) is 13.7 Å². The molecule has 1 aromatic carbocycles. The molecule has 1 atom stereocenters. The van der Waals surface area contributed by atoms with Crippen molar-refractivity contribution in [2.45, 2.75) is 31.9 Å². The molecule has 1 N–H and O–H groups in total. The van der Waals surface area contributed by atoms with Gasteiger partial charge in [0, 0.05) is 35.2 Å². The van der Waals surface area contributed by atoms with E-state index in [9.17, 15) is 4.79 Å². The van der Waals surface area contributed by atoms with E-state index in [1.807, 2.05) is 44.2 Å². The molecule has 168 valence electrons. The molecule has 0 saturated carbocycles. The van der Waals surface area contributed by atoms with E-state index in [-0.39, 0.29) is 11.0 Å². The summed E-state index contributed by atoms with van der Waals surface area (Å²) in [6, 6.07) is 9.68. The average molecular weight is 474 g/mol. The van der Waals surface area contributed by atoms with Gasteiger partial charge in [0.25, 0.3) is 0 Å². The Hall–Kier alpha value is -2.98. The number of nitrogens with zero attached hydrogens (tertiary/aromatic N) is 2. The first-order chi connectivity index (χ1) is 15.5. The van der Waals surface area contributed by atoms with Crippen LogP contribution < -0.4 is 9.47 Å². The van der Waals surface area contributed by atoms with E-state index < -0.39 is 11.6 Å². The molecular formula is C22H23N3O5S2. The molecule has 0 saturated heterocycles. The number of aromatic nitrogens is 2. The van der Waals surface area contributed by atoms with Crippen LogP contribution >= 0.6 is 11.8 Å². The van der Waals surface area contributed by atoms with Gasteiger partial charge in [0.1, 0.15) is 28.1 Å². The van der Waals surface area contributed by atoms with Crippen LogP contribution in [0.4, 0.5) is 0 Å². The van der Waals surface area contributed by atoms with Gasteiger partial charge in [0.2, 0.25) is 0 Å². The van der Waals surface area contributed by atoms with Crippen molar-refractivity contribution in [3.05, 3.63) is 47.9 Å². The van der Waals surface area contributed by atoms with Crippen molar-refractivity contribution in [2.24, 2.45) is 4.99 Å². The third-order valence-electron chi connectivity index (χ3n) is 4.80. The van der Waals surface area contributed by atoms with Crippen LogP contribution in [0.25, 0.3) is 10.9 Å². The predicted molar refractivity (Wildman–Crippen MR) is 126 cm³/mol. The minimum absolute atomic E-state index is 0.221. The van der Waals surface area contributed by atoms with Gasteiger partial charge in [-0.2, -0.15) is 8.42 Å².